The molecule has 0 fully saturated rings. The highest BCUT2D eigenvalue weighted by atomic mass is 31.2. The van der Waals surface area contributed by atoms with E-state index in [-0.39, 0.29) is 19.4 Å². The fourth-order valence-corrected chi connectivity index (χ4v) is 7.90. The van der Waals surface area contributed by atoms with Crippen LogP contribution in [-0.4, -0.2) is 59.9 Å². The summed E-state index contributed by atoms with van der Waals surface area (Å²) < 4.78 is 32.8. The fourth-order valence-electron chi connectivity index (χ4n) is 7.12. The Hall–Kier alpha value is -1.78. The zero-order valence-corrected chi connectivity index (χ0v) is 39.5. The maximum atomic E-state index is 12.6. The molecule has 0 bridgehead atoms. The molecule has 0 saturated heterocycles. The third-order valence-electron chi connectivity index (χ3n) is 11.0. The van der Waals surface area contributed by atoms with E-state index >= 15 is 0 Å². The van der Waals surface area contributed by atoms with Crippen molar-refractivity contribution in [2.45, 2.75) is 257 Å². The minimum atomic E-state index is -4.72. The molecule has 0 heterocycles. The number of hydrogen-bond acceptors (Lipinski definition) is 9. The Labute approximate surface area is 367 Å². The highest BCUT2D eigenvalue weighted by Crippen LogP contribution is 2.43. The molecule has 0 saturated carbocycles. The van der Waals surface area contributed by atoms with Gasteiger partial charge in [-0.1, -0.05) is 206 Å². The minimum absolute atomic E-state index is 0.155. The van der Waals surface area contributed by atoms with E-state index in [4.69, 9.17) is 24.8 Å². The van der Waals surface area contributed by atoms with Crippen LogP contribution in [0.1, 0.15) is 245 Å². The molecule has 0 amide bonds. The second-order valence-corrected chi connectivity index (χ2v) is 18.4. The SMILES string of the molecule is CCCCCCC/C=C/CCCCCCCC(=O)O[C@@H](COC(=O)CCCCCCCCCCCCCCCCCCCCCCCC)COP(=O)(O)OC[C@@H](N)C(=O)O. The Kier molecular flexibility index (Phi) is 42.6. The summed E-state index contributed by atoms with van der Waals surface area (Å²) in [6.07, 6.45) is 45.7. The predicted octanol–water partition coefficient (Wildman–Crippen LogP) is 13.6. The molecule has 3 atom stereocenters. The summed E-state index contributed by atoms with van der Waals surface area (Å²) in [5, 5.41) is 8.90. The number of unbranched alkanes of at least 4 members (excludes halogenated alkanes) is 31. The number of phosphoric ester groups is 1. The van der Waals surface area contributed by atoms with E-state index < -0.39 is 51.1 Å². The van der Waals surface area contributed by atoms with Crippen molar-refractivity contribution in [2.75, 3.05) is 19.8 Å². The summed E-state index contributed by atoms with van der Waals surface area (Å²) in [7, 11) is -4.72. The maximum Gasteiger partial charge on any atom is 0.472 e. The van der Waals surface area contributed by atoms with Crippen LogP contribution >= 0.6 is 7.82 Å². The van der Waals surface area contributed by atoms with Crippen LogP contribution in [0.2, 0.25) is 0 Å². The Morgan fingerprint density at radius 2 is 0.833 bits per heavy atom. The molecule has 0 spiro atoms. The second kappa shape index (κ2) is 43.9. The number of phosphoric acid groups is 1. The van der Waals surface area contributed by atoms with Crippen molar-refractivity contribution in [3.05, 3.63) is 12.2 Å². The van der Waals surface area contributed by atoms with Crippen LogP contribution < -0.4 is 5.73 Å². The molecule has 0 radical (unpaired) electrons. The van der Waals surface area contributed by atoms with Crippen molar-refractivity contribution in [1.29, 1.82) is 0 Å². The van der Waals surface area contributed by atoms with Crippen LogP contribution in [0.4, 0.5) is 0 Å². The van der Waals surface area contributed by atoms with E-state index in [0.29, 0.717) is 12.8 Å². The number of carbonyl (C=O) groups excluding carboxylic acids is 2. The van der Waals surface area contributed by atoms with Gasteiger partial charge in [-0.25, -0.2) is 4.57 Å². The summed E-state index contributed by atoms with van der Waals surface area (Å²) in [6.45, 7) is 2.83. The molecule has 4 N–H and O–H groups in total. The molecule has 0 aromatic carbocycles. The van der Waals surface area contributed by atoms with Crippen molar-refractivity contribution in [1.82, 2.24) is 0 Å². The van der Waals surface area contributed by atoms with Crippen molar-refractivity contribution < 1.29 is 47.5 Å². The van der Waals surface area contributed by atoms with Crippen LogP contribution in [0.3, 0.4) is 0 Å². The second-order valence-electron chi connectivity index (χ2n) is 17.0. The monoisotopic (exact) mass is 874 g/mol. The van der Waals surface area contributed by atoms with Crippen molar-refractivity contribution in [3.8, 4) is 0 Å². The van der Waals surface area contributed by atoms with Gasteiger partial charge in [0.25, 0.3) is 0 Å². The van der Waals surface area contributed by atoms with E-state index in [1.54, 1.807) is 0 Å². The quantitative estimate of drug-likeness (QED) is 0.0230. The Balaban J connectivity index is 4.19. The average Bonchev–Trinajstić information content (AvgIpc) is 3.22. The standard InChI is InChI=1S/C48H92NO10P/c1-3-5-7-9-11-13-15-17-19-20-21-22-23-24-25-26-28-29-31-33-35-37-39-46(50)56-41-44(42-57-60(54,55)58-43-45(49)48(52)53)59-47(51)40-38-36-34-32-30-27-18-16-14-12-10-8-6-4-2/h16,18,44-45H,3-15,17,19-43,49H2,1-2H3,(H,52,53)(H,54,55)/b18-16+/t44-,45+/m0/s1. The van der Waals surface area contributed by atoms with Gasteiger partial charge in [0.2, 0.25) is 0 Å². The number of carbonyl (C=O) groups is 3. The van der Waals surface area contributed by atoms with E-state index in [1.165, 1.54) is 148 Å². The third kappa shape index (κ3) is 42.9. The fraction of sp³-hybridized carbons (Fsp3) is 0.896. The highest BCUT2D eigenvalue weighted by Gasteiger charge is 2.28. The van der Waals surface area contributed by atoms with Crippen molar-refractivity contribution in [3.63, 3.8) is 0 Å². The maximum absolute atomic E-state index is 12.6. The first-order valence-electron chi connectivity index (χ1n) is 24.7. The average molecular weight is 874 g/mol. The normalized spacial score (nSPS) is 13.7. The molecule has 0 aliphatic carbocycles. The molecule has 11 nitrogen and oxygen atoms in total. The van der Waals surface area contributed by atoms with Gasteiger partial charge in [-0.15, -0.1) is 0 Å². The van der Waals surface area contributed by atoms with Gasteiger partial charge < -0.3 is 25.2 Å². The van der Waals surface area contributed by atoms with Crippen LogP contribution in [0.25, 0.3) is 0 Å². The lowest BCUT2D eigenvalue weighted by Gasteiger charge is -2.20. The van der Waals surface area contributed by atoms with E-state index in [1.807, 2.05) is 0 Å². The number of carboxylic acids is 1. The van der Waals surface area contributed by atoms with Gasteiger partial charge in [0, 0.05) is 12.8 Å². The number of carboxylic acid groups (broad SMARTS) is 1. The minimum Gasteiger partial charge on any atom is -0.480 e. The number of allylic oxidation sites excluding steroid dienone is 2. The number of rotatable bonds is 47. The van der Waals surface area contributed by atoms with Gasteiger partial charge in [-0.05, 0) is 38.5 Å². The van der Waals surface area contributed by atoms with Gasteiger partial charge in [-0.2, -0.15) is 0 Å². The molecule has 60 heavy (non-hydrogen) atoms. The molecule has 0 aromatic heterocycles. The van der Waals surface area contributed by atoms with Gasteiger partial charge in [0.05, 0.1) is 13.2 Å². The lowest BCUT2D eigenvalue weighted by atomic mass is 10.0. The van der Waals surface area contributed by atoms with Gasteiger partial charge in [0.15, 0.2) is 6.10 Å². The van der Waals surface area contributed by atoms with Gasteiger partial charge in [-0.3, -0.25) is 23.4 Å². The molecule has 354 valence electrons. The third-order valence-corrected chi connectivity index (χ3v) is 12.0. The molecule has 1 unspecified atom stereocenters. The zero-order chi connectivity index (χ0) is 44.2. The Bertz CT molecular complexity index is 1070. The van der Waals surface area contributed by atoms with Crippen LogP contribution in [0.5, 0.6) is 0 Å². The summed E-state index contributed by atoms with van der Waals surface area (Å²) in [4.78, 5) is 46.1. The first-order valence-corrected chi connectivity index (χ1v) is 26.2. The summed E-state index contributed by atoms with van der Waals surface area (Å²) >= 11 is 0. The van der Waals surface area contributed by atoms with Crippen molar-refractivity contribution >= 4 is 25.7 Å². The number of aliphatic carboxylic acids is 1. The highest BCUT2D eigenvalue weighted by molar-refractivity contribution is 7.47. The first-order chi connectivity index (χ1) is 29.1. The first kappa shape index (κ1) is 58.2. The molecule has 0 aliphatic heterocycles. The number of ether oxygens (including phenoxy) is 2. The zero-order valence-electron chi connectivity index (χ0n) is 38.6. The lowest BCUT2D eigenvalue weighted by Crippen LogP contribution is -2.34. The smallest absolute Gasteiger partial charge is 0.472 e. The number of esters is 2. The van der Waals surface area contributed by atoms with Gasteiger partial charge >= 0.3 is 25.7 Å². The Morgan fingerprint density at radius 3 is 1.22 bits per heavy atom. The van der Waals surface area contributed by atoms with Crippen LogP contribution in [0, 0.1) is 0 Å². The molecule has 0 aliphatic rings. The topological polar surface area (TPSA) is 172 Å². The summed E-state index contributed by atoms with van der Waals surface area (Å²) in [6, 6.07) is -1.52. The molecular weight excluding hydrogens is 781 g/mol. The predicted molar refractivity (Wildman–Crippen MR) is 245 cm³/mol. The lowest BCUT2D eigenvalue weighted by molar-refractivity contribution is -0.161. The largest absolute Gasteiger partial charge is 0.480 e. The van der Waals surface area contributed by atoms with Crippen LogP contribution in [0.15, 0.2) is 12.2 Å². The summed E-state index contributed by atoms with van der Waals surface area (Å²) in [5.41, 5.74) is 5.34. The Morgan fingerprint density at radius 1 is 0.500 bits per heavy atom. The van der Waals surface area contributed by atoms with E-state index in [0.717, 1.165) is 57.8 Å². The van der Waals surface area contributed by atoms with Crippen molar-refractivity contribution in [2.24, 2.45) is 5.73 Å². The van der Waals surface area contributed by atoms with Gasteiger partial charge in [0.1, 0.15) is 12.6 Å². The molecule has 0 rings (SSSR count). The van der Waals surface area contributed by atoms with E-state index in [2.05, 4.69) is 30.5 Å². The molecule has 12 heteroatoms. The summed E-state index contributed by atoms with van der Waals surface area (Å²) in [5.74, 6) is -2.37. The molecule has 0 aromatic rings. The molecular formula is C48H92NO10P. The van der Waals surface area contributed by atoms with E-state index in [9.17, 15) is 23.8 Å². The number of nitrogens with two attached hydrogens (primary N) is 1. The number of hydrogen-bond donors (Lipinski definition) is 3. The van der Waals surface area contributed by atoms with Crippen LogP contribution in [-0.2, 0) is 37.5 Å².